The molecule has 0 bridgehead atoms. The average Bonchev–Trinajstić information content (AvgIpc) is 2.41. The van der Waals surface area contributed by atoms with Gasteiger partial charge in [-0.05, 0) is 18.2 Å². The van der Waals surface area contributed by atoms with Crippen molar-refractivity contribution in [1.82, 2.24) is 4.90 Å². The first-order chi connectivity index (χ1) is 8.59. The predicted octanol–water partition coefficient (Wildman–Crippen LogP) is 1.01. The Kier molecular flexibility index (Phi) is 3.66. The van der Waals surface area contributed by atoms with Gasteiger partial charge >= 0.3 is 0 Å². The Morgan fingerprint density at radius 3 is 2.39 bits per heavy atom. The van der Waals surface area contributed by atoms with Gasteiger partial charge in [0.15, 0.2) is 11.6 Å². The average molecular weight is 255 g/mol. The van der Waals surface area contributed by atoms with Crippen LogP contribution in [0.25, 0.3) is 0 Å². The number of carbonyl (C=O) groups excluding carboxylic acids is 2. The van der Waals surface area contributed by atoms with Crippen molar-refractivity contribution in [2.75, 3.05) is 26.3 Å². The van der Waals surface area contributed by atoms with E-state index in [1.54, 1.807) is 0 Å². The molecule has 1 aromatic carbocycles. The van der Waals surface area contributed by atoms with Gasteiger partial charge in [0.2, 0.25) is 5.78 Å². The Balaban J connectivity index is 2.14. The zero-order valence-corrected chi connectivity index (χ0v) is 9.49. The van der Waals surface area contributed by atoms with Gasteiger partial charge in [-0.3, -0.25) is 9.59 Å². The zero-order chi connectivity index (χ0) is 13.1. The van der Waals surface area contributed by atoms with Crippen molar-refractivity contribution in [2.24, 2.45) is 0 Å². The number of ketones is 1. The minimum Gasteiger partial charge on any atom is -0.378 e. The van der Waals surface area contributed by atoms with Gasteiger partial charge in [-0.1, -0.05) is 0 Å². The summed E-state index contributed by atoms with van der Waals surface area (Å²) in [5.74, 6) is -3.75. The molecule has 1 aliphatic rings. The molecule has 1 aliphatic heterocycles. The molecule has 0 radical (unpaired) electrons. The number of halogens is 2. The molecule has 4 nitrogen and oxygen atoms in total. The van der Waals surface area contributed by atoms with E-state index in [0.29, 0.717) is 26.3 Å². The van der Waals surface area contributed by atoms with Crippen LogP contribution in [0.4, 0.5) is 8.78 Å². The van der Waals surface area contributed by atoms with Gasteiger partial charge in [-0.2, -0.15) is 0 Å². The topological polar surface area (TPSA) is 46.6 Å². The standard InChI is InChI=1S/C12H11F2NO3/c13-9-2-1-8(7-10(9)14)11(16)12(17)15-3-5-18-6-4-15/h1-2,7H,3-6H2. The molecule has 1 heterocycles. The Morgan fingerprint density at radius 1 is 1.11 bits per heavy atom. The van der Waals surface area contributed by atoms with Crippen LogP contribution in [0.2, 0.25) is 0 Å². The number of Topliss-reactive ketones (excluding diaryl/α,β-unsaturated/α-hetero) is 1. The van der Waals surface area contributed by atoms with Crippen LogP contribution in [0.5, 0.6) is 0 Å². The Hall–Kier alpha value is -1.82. The van der Waals surface area contributed by atoms with E-state index in [2.05, 4.69) is 0 Å². The maximum absolute atomic E-state index is 13.0. The summed E-state index contributed by atoms with van der Waals surface area (Å²) >= 11 is 0. The fourth-order valence-corrected chi connectivity index (χ4v) is 1.67. The van der Waals surface area contributed by atoms with Crippen molar-refractivity contribution >= 4 is 11.7 Å². The van der Waals surface area contributed by atoms with Crippen molar-refractivity contribution in [3.8, 4) is 0 Å². The van der Waals surface area contributed by atoms with Gasteiger partial charge in [0.1, 0.15) is 0 Å². The molecule has 0 aromatic heterocycles. The summed E-state index contributed by atoms with van der Waals surface area (Å²) < 4.78 is 30.7. The molecule has 18 heavy (non-hydrogen) atoms. The van der Waals surface area contributed by atoms with Gasteiger partial charge in [0.25, 0.3) is 5.91 Å². The van der Waals surface area contributed by atoms with Crippen molar-refractivity contribution in [3.05, 3.63) is 35.4 Å². The number of morpholine rings is 1. The lowest BCUT2D eigenvalue weighted by Gasteiger charge is -2.26. The maximum Gasteiger partial charge on any atom is 0.295 e. The molecule has 0 N–H and O–H groups in total. The summed E-state index contributed by atoms with van der Waals surface area (Å²) in [6.07, 6.45) is 0. The van der Waals surface area contributed by atoms with Crippen molar-refractivity contribution in [1.29, 1.82) is 0 Å². The molecule has 0 spiro atoms. The molecule has 6 heteroatoms. The zero-order valence-electron chi connectivity index (χ0n) is 9.49. The molecule has 1 fully saturated rings. The van der Waals surface area contributed by atoms with Crippen LogP contribution in [0.1, 0.15) is 10.4 Å². The third-order valence-corrected chi connectivity index (χ3v) is 2.67. The third-order valence-electron chi connectivity index (χ3n) is 2.67. The van der Waals surface area contributed by atoms with Gasteiger partial charge in [-0.25, -0.2) is 8.78 Å². The van der Waals surface area contributed by atoms with Crippen molar-refractivity contribution in [3.63, 3.8) is 0 Å². The van der Waals surface area contributed by atoms with Crippen molar-refractivity contribution in [2.45, 2.75) is 0 Å². The monoisotopic (exact) mass is 255 g/mol. The lowest BCUT2D eigenvalue weighted by Crippen LogP contribution is -2.44. The van der Waals surface area contributed by atoms with Crippen LogP contribution in [0.15, 0.2) is 18.2 Å². The molecular weight excluding hydrogens is 244 g/mol. The minimum absolute atomic E-state index is 0.148. The highest BCUT2D eigenvalue weighted by Gasteiger charge is 2.25. The SMILES string of the molecule is O=C(C(=O)N1CCOCC1)c1ccc(F)c(F)c1. The molecule has 0 aliphatic carbocycles. The Morgan fingerprint density at radius 2 is 1.78 bits per heavy atom. The van der Waals surface area contributed by atoms with E-state index in [-0.39, 0.29) is 5.56 Å². The number of amides is 1. The number of benzene rings is 1. The maximum atomic E-state index is 13.0. The minimum atomic E-state index is -1.14. The highest BCUT2D eigenvalue weighted by Crippen LogP contribution is 2.11. The third kappa shape index (κ3) is 2.53. The van der Waals surface area contributed by atoms with E-state index in [9.17, 15) is 18.4 Å². The van der Waals surface area contributed by atoms with Crippen LogP contribution >= 0.6 is 0 Å². The highest BCUT2D eigenvalue weighted by molar-refractivity contribution is 6.42. The highest BCUT2D eigenvalue weighted by atomic mass is 19.2. The second kappa shape index (κ2) is 5.22. The first-order valence-corrected chi connectivity index (χ1v) is 5.46. The van der Waals surface area contributed by atoms with Gasteiger partial charge < -0.3 is 9.64 Å². The summed E-state index contributed by atoms with van der Waals surface area (Å²) in [5, 5.41) is 0. The number of hydrogen-bond acceptors (Lipinski definition) is 3. The smallest absolute Gasteiger partial charge is 0.295 e. The molecule has 1 amide bonds. The number of rotatable bonds is 2. The quantitative estimate of drug-likeness (QED) is 0.585. The summed E-state index contributed by atoms with van der Waals surface area (Å²) in [6.45, 7) is 1.40. The fraction of sp³-hybridized carbons (Fsp3) is 0.333. The van der Waals surface area contributed by atoms with E-state index in [4.69, 9.17) is 4.74 Å². The first kappa shape index (κ1) is 12.6. The first-order valence-electron chi connectivity index (χ1n) is 5.46. The number of carbonyl (C=O) groups is 2. The fourth-order valence-electron chi connectivity index (χ4n) is 1.67. The second-order valence-electron chi connectivity index (χ2n) is 3.86. The molecule has 96 valence electrons. The van der Waals surface area contributed by atoms with Crippen LogP contribution in [-0.4, -0.2) is 42.9 Å². The van der Waals surface area contributed by atoms with Crippen LogP contribution in [-0.2, 0) is 9.53 Å². The summed E-state index contributed by atoms with van der Waals surface area (Å²) in [4.78, 5) is 24.9. The molecular formula is C12H11F2NO3. The van der Waals surface area contributed by atoms with Crippen molar-refractivity contribution < 1.29 is 23.1 Å². The lowest BCUT2D eigenvalue weighted by atomic mass is 10.1. The van der Waals surface area contributed by atoms with Crippen LogP contribution in [0.3, 0.4) is 0 Å². The number of nitrogens with zero attached hydrogens (tertiary/aromatic N) is 1. The summed E-state index contributed by atoms with van der Waals surface area (Å²) in [5.41, 5.74) is -0.148. The molecule has 2 rings (SSSR count). The van der Waals surface area contributed by atoms with Gasteiger partial charge in [-0.15, -0.1) is 0 Å². The second-order valence-corrected chi connectivity index (χ2v) is 3.86. The largest absolute Gasteiger partial charge is 0.378 e. The normalized spacial score (nSPS) is 15.6. The molecule has 0 saturated carbocycles. The van der Waals surface area contributed by atoms with Crippen LogP contribution in [0, 0.1) is 11.6 Å². The summed E-state index contributed by atoms with van der Waals surface area (Å²) in [6, 6.07) is 2.66. The Bertz CT molecular complexity index is 484. The molecule has 0 atom stereocenters. The lowest BCUT2D eigenvalue weighted by molar-refractivity contribution is -0.130. The molecule has 1 aromatic rings. The number of hydrogen-bond donors (Lipinski definition) is 0. The Labute approximate surface area is 102 Å². The van der Waals surface area contributed by atoms with Gasteiger partial charge in [0.05, 0.1) is 13.2 Å². The number of ether oxygens (including phenoxy) is 1. The van der Waals surface area contributed by atoms with E-state index in [0.717, 1.165) is 18.2 Å². The van der Waals surface area contributed by atoms with E-state index < -0.39 is 23.3 Å². The van der Waals surface area contributed by atoms with Gasteiger partial charge in [0, 0.05) is 18.7 Å². The van der Waals surface area contributed by atoms with Crippen LogP contribution < -0.4 is 0 Å². The summed E-state index contributed by atoms with van der Waals surface area (Å²) in [7, 11) is 0. The van der Waals surface area contributed by atoms with E-state index in [1.165, 1.54) is 4.90 Å². The predicted molar refractivity (Wildman–Crippen MR) is 58.1 cm³/mol. The van der Waals surface area contributed by atoms with E-state index >= 15 is 0 Å². The molecule has 0 unspecified atom stereocenters. The van der Waals surface area contributed by atoms with E-state index in [1.807, 2.05) is 0 Å². The molecule has 1 saturated heterocycles.